The number of hydrogen-bond donors (Lipinski definition) is 1. The highest BCUT2D eigenvalue weighted by molar-refractivity contribution is 5.82. The second kappa shape index (κ2) is 3.55. The maximum atomic E-state index is 13.0. The minimum atomic E-state index is -0.347. The molecule has 0 saturated heterocycles. The fourth-order valence-corrected chi connectivity index (χ4v) is 1.66. The van der Waals surface area contributed by atoms with Crippen LogP contribution in [0, 0.1) is 5.82 Å². The van der Waals surface area contributed by atoms with Crippen molar-refractivity contribution in [2.24, 2.45) is 0 Å². The van der Waals surface area contributed by atoms with Crippen LogP contribution < -0.4 is 5.56 Å². The van der Waals surface area contributed by atoms with Gasteiger partial charge in [-0.1, -0.05) is 0 Å². The smallest absolute Gasteiger partial charge is 0.277 e. The summed E-state index contributed by atoms with van der Waals surface area (Å²) in [4.78, 5) is 17.9. The van der Waals surface area contributed by atoms with Gasteiger partial charge < -0.3 is 9.40 Å². The predicted octanol–water partition coefficient (Wildman–Crippen LogP) is 2.32. The van der Waals surface area contributed by atoms with Crippen LogP contribution in [0.25, 0.3) is 22.4 Å². The Morgan fingerprint density at radius 3 is 3.00 bits per heavy atom. The van der Waals surface area contributed by atoms with E-state index in [2.05, 4.69) is 9.97 Å². The summed E-state index contributed by atoms with van der Waals surface area (Å²) in [5.74, 6) is -0.0211. The first-order chi connectivity index (χ1) is 8.24. The molecule has 5 heteroatoms. The van der Waals surface area contributed by atoms with Gasteiger partial charge in [-0.3, -0.25) is 4.79 Å². The van der Waals surface area contributed by atoms with E-state index in [0.717, 1.165) is 0 Å². The Morgan fingerprint density at radius 1 is 1.29 bits per heavy atom. The molecule has 0 atom stereocenters. The van der Waals surface area contributed by atoms with Gasteiger partial charge in [-0.2, -0.15) is 0 Å². The molecule has 0 aliphatic rings. The van der Waals surface area contributed by atoms with Gasteiger partial charge in [0.15, 0.2) is 11.5 Å². The number of aromatic nitrogens is 2. The van der Waals surface area contributed by atoms with Crippen molar-refractivity contribution in [3.8, 4) is 11.5 Å². The highest BCUT2D eigenvalue weighted by atomic mass is 19.1. The third kappa shape index (κ3) is 1.61. The quantitative estimate of drug-likeness (QED) is 0.697. The number of nitrogens with one attached hydrogen (secondary N) is 1. The first-order valence-electron chi connectivity index (χ1n) is 4.97. The molecule has 0 saturated carbocycles. The average molecular weight is 230 g/mol. The molecule has 3 aromatic rings. The molecule has 3 rings (SSSR count). The number of hydrogen-bond acceptors (Lipinski definition) is 3. The van der Waals surface area contributed by atoms with E-state index in [1.807, 2.05) is 0 Å². The Kier molecular flexibility index (Phi) is 2.04. The molecular weight excluding hydrogens is 223 g/mol. The minimum Gasteiger partial charge on any atom is -0.454 e. The van der Waals surface area contributed by atoms with Crippen LogP contribution in [0.2, 0.25) is 0 Å². The van der Waals surface area contributed by atoms with Gasteiger partial charge >= 0.3 is 0 Å². The Bertz CT molecular complexity index is 745. The molecule has 0 aliphatic heterocycles. The Balaban J connectivity index is 2.25. The molecule has 0 radical (unpaired) electrons. The molecule has 4 nitrogen and oxygen atoms in total. The van der Waals surface area contributed by atoms with E-state index in [0.29, 0.717) is 16.7 Å². The number of benzene rings is 1. The molecular formula is C12H7FN2O2. The number of H-pyrrole nitrogens is 1. The molecule has 0 unspecified atom stereocenters. The van der Waals surface area contributed by atoms with Gasteiger partial charge in [0.25, 0.3) is 5.56 Å². The second-order valence-corrected chi connectivity index (χ2v) is 3.56. The molecule has 0 amide bonds. The number of furan rings is 1. The van der Waals surface area contributed by atoms with Gasteiger partial charge in [0.05, 0.1) is 0 Å². The third-order valence-electron chi connectivity index (χ3n) is 2.42. The largest absolute Gasteiger partial charge is 0.454 e. The van der Waals surface area contributed by atoms with Crippen LogP contribution in [0.5, 0.6) is 0 Å². The van der Waals surface area contributed by atoms with Gasteiger partial charge in [-0.15, -0.1) is 0 Å². The zero-order valence-corrected chi connectivity index (χ0v) is 8.61. The van der Waals surface area contributed by atoms with Crippen molar-refractivity contribution in [2.45, 2.75) is 0 Å². The Labute approximate surface area is 94.7 Å². The van der Waals surface area contributed by atoms with E-state index >= 15 is 0 Å². The lowest BCUT2D eigenvalue weighted by atomic mass is 10.2. The summed E-state index contributed by atoms with van der Waals surface area (Å²) in [5.41, 5.74) is 0.364. The maximum Gasteiger partial charge on any atom is 0.277 e. The van der Waals surface area contributed by atoms with Crippen LogP contribution in [-0.2, 0) is 0 Å². The van der Waals surface area contributed by atoms with Gasteiger partial charge in [0.2, 0.25) is 0 Å². The van der Waals surface area contributed by atoms with Crippen LogP contribution in [0.15, 0.2) is 45.9 Å². The third-order valence-corrected chi connectivity index (χ3v) is 2.42. The fraction of sp³-hybridized carbons (Fsp3) is 0. The topological polar surface area (TPSA) is 58.9 Å². The van der Waals surface area contributed by atoms with Gasteiger partial charge in [-0.25, -0.2) is 9.37 Å². The van der Waals surface area contributed by atoms with Crippen LogP contribution in [0.4, 0.5) is 4.39 Å². The summed E-state index contributed by atoms with van der Waals surface area (Å²) < 4.78 is 18.4. The van der Waals surface area contributed by atoms with Crippen LogP contribution in [0.1, 0.15) is 0 Å². The molecule has 2 heterocycles. The van der Waals surface area contributed by atoms with Crippen molar-refractivity contribution in [2.75, 3.05) is 0 Å². The number of rotatable bonds is 1. The van der Waals surface area contributed by atoms with E-state index in [1.165, 1.54) is 30.6 Å². The SMILES string of the molecule is O=c1[nH]ccnc1-c1cc2cc(F)ccc2o1. The van der Waals surface area contributed by atoms with Crippen molar-refractivity contribution in [3.05, 3.63) is 52.8 Å². The summed E-state index contributed by atoms with van der Waals surface area (Å²) in [6.45, 7) is 0. The van der Waals surface area contributed by atoms with Crippen molar-refractivity contribution in [3.63, 3.8) is 0 Å². The Hall–Kier alpha value is -2.43. The molecule has 0 spiro atoms. The number of fused-ring (bicyclic) bond motifs is 1. The van der Waals surface area contributed by atoms with Crippen LogP contribution in [0.3, 0.4) is 0 Å². The summed E-state index contributed by atoms with van der Waals surface area (Å²) >= 11 is 0. The standard InChI is InChI=1S/C12H7FN2O2/c13-8-1-2-9-7(5-8)6-10(17-9)11-12(16)15-4-3-14-11/h1-6H,(H,15,16). The Morgan fingerprint density at radius 2 is 2.18 bits per heavy atom. The normalized spacial score (nSPS) is 10.9. The molecule has 0 fully saturated rings. The van der Waals surface area contributed by atoms with E-state index < -0.39 is 0 Å². The highest BCUT2D eigenvalue weighted by Gasteiger charge is 2.10. The number of nitrogens with zero attached hydrogens (tertiary/aromatic N) is 1. The van der Waals surface area contributed by atoms with Crippen molar-refractivity contribution in [1.29, 1.82) is 0 Å². The maximum absolute atomic E-state index is 13.0. The highest BCUT2D eigenvalue weighted by Crippen LogP contribution is 2.25. The molecule has 0 bridgehead atoms. The molecule has 17 heavy (non-hydrogen) atoms. The lowest BCUT2D eigenvalue weighted by Gasteiger charge is -1.91. The van der Waals surface area contributed by atoms with E-state index in [4.69, 9.17) is 4.42 Å². The average Bonchev–Trinajstić information content (AvgIpc) is 2.72. The molecule has 0 aliphatic carbocycles. The van der Waals surface area contributed by atoms with Gasteiger partial charge in [-0.05, 0) is 24.3 Å². The van der Waals surface area contributed by atoms with Crippen molar-refractivity contribution < 1.29 is 8.81 Å². The molecule has 2 aromatic heterocycles. The monoisotopic (exact) mass is 230 g/mol. The van der Waals surface area contributed by atoms with Crippen molar-refractivity contribution >= 4 is 11.0 Å². The van der Waals surface area contributed by atoms with Gasteiger partial charge in [0, 0.05) is 17.8 Å². The summed E-state index contributed by atoms with van der Waals surface area (Å²) in [6, 6.07) is 5.76. The summed E-state index contributed by atoms with van der Waals surface area (Å²) in [7, 11) is 0. The fourth-order valence-electron chi connectivity index (χ4n) is 1.66. The first-order valence-corrected chi connectivity index (χ1v) is 4.97. The van der Waals surface area contributed by atoms with Crippen LogP contribution >= 0.6 is 0 Å². The molecule has 1 aromatic carbocycles. The minimum absolute atomic E-state index is 0.184. The predicted molar refractivity (Wildman–Crippen MR) is 60.0 cm³/mol. The van der Waals surface area contributed by atoms with E-state index in [1.54, 1.807) is 6.07 Å². The number of aromatic amines is 1. The van der Waals surface area contributed by atoms with Gasteiger partial charge in [0.1, 0.15) is 11.4 Å². The van der Waals surface area contributed by atoms with E-state index in [9.17, 15) is 9.18 Å². The lowest BCUT2D eigenvalue weighted by Crippen LogP contribution is -2.08. The second-order valence-electron chi connectivity index (χ2n) is 3.56. The van der Waals surface area contributed by atoms with E-state index in [-0.39, 0.29) is 17.1 Å². The molecule has 1 N–H and O–H groups in total. The van der Waals surface area contributed by atoms with Crippen LogP contribution in [-0.4, -0.2) is 9.97 Å². The lowest BCUT2D eigenvalue weighted by molar-refractivity contribution is 0.617. The van der Waals surface area contributed by atoms with Crippen molar-refractivity contribution in [1.82, 2.24) is 9.97 Å². The zero-order valence-electron chi connectivity index (χ0n) is 8.61. The number of halogens is 1. The summed E-state index contributed by atoms with van der Waals surface area (Å²) in [5, 5.41) is 0.602. The molecule has 84 valence electrons. The summed E-state index contributed by atoms with van der Waals surface area (Å²) in [6.07, 6.45) is 2.90. The zero-order chi connectivity index (χ0) is 11.8. The first kappa shape index (κ1) is 9.77.